The van der Waals surface area contributed by atoms with Crippen LogP contribution in [0.5, 0.6) is 0 Å². The van der Waals surface area contributed by atoms with E-state index in [9.17, 15) is 0 Å². The summed E-state index contributed by atoms with van der Waals surface area (Å²) in [6.45, 7) is 4.00. The third-order valence-corrected chi connectivity index (χ3v) is 11.2. The summed E-state index contributed by atoms with van der Waals surface area (Å²) in [7, 11) is 0. The minimum absolute atomic E-state index is 0.533. The number of hydrogen-bond donors (Lipinski definition) is 0. The molecule has 0 atom stereocenters. The Morgan fingerprint density at radius 2 is 0.725 bits per heavy atom. The first-order chi connectivity index (χ1) is 25.3. The number of aliphatic imine (C=N–C) groups is 2. The third-order valence-electron chi connectivity index (χ3n) is 9.65. The maximum atomic E-state index is 5.44. The van der Waals surface area contributed by atoms with Gasteiger partial charge in [-0.2, -0.15) is 0 Å². The predicted molar refractivity (Wildman–Crippen MR) is 212 cm³/mol. The van der Waals surface area contributed by atoms with Crippen LogP contribution in [0.1, 0.15) is 47.5 Å². The average Bonchev–Trinajstić information content (AvgIpc) is 4.02. The Balaban J connectivity index is 0.00000171. The van der Waals surface area contributed by atoms with Crippen LogP contribution in [0.3, 0.4) is 0 Å². The molecule has 51 heavy (non-hydrogen) atoms. The zero-order chi connectivity index (χ0) is 34.3. The lowest BCUT2D eigenvalue weighted by atomic mass is 10.0. The van der Waals surface area contributed by atoms with Gasteiger partial charge in [0.15, 0.2) is 0 Å². The Bertz CT molecular complexity index is 2450. The summed E-state index contributed by atoms with van der Waals surface area (Å²) in [5.74, 6) is 0. The summed E-state index contributed by atoms with van der Waals surface area (Å²) in [6, 6.07) is 52.0. The summed E-state index contributed by atoms with van der Waals surface area (Å²) < 4.78 is 5.12. The number of hydrogen-bond acceptors (Lipinski definition) is 2. The van der Waals surface area contributed by atoms with Gasteiger partial charge in [-0.05, 0) is 70.8 Å². The largest absolute Gasteiger partial charge is 0.564 e. The van der Waals surface area contributed by atoms with Gasteiger partial charge < -0.3 is 7.10 Å². The first kappa shape index (κ1) is 31.0. The molecule has 4 aromatic carbocycles. The van der Waals surface area contributed by atoms with Gasteiger partial charge in [-0.25, -0.2) is 9.98 Å². The second-order valence-corrected chi connectivity index (χ2v) is 13.7. The highest BCUT2D eigenvalue weighted by Gasteiger charge is 2.29. The van der Waals surface area contributed by atoms with E-state index in [1.165, 1.54) is 0 Å². The molecule has 4 nitrogen and oxygen atoms in total. The Morgan fingerprint density at radius 1 is 0.373 bits per heavy atom. The number of benzene rings is 4. The summed E-state index contributed by atoms with van der Waals surface area (Å²) in [5.41, 5.74) is 15.3. The fourth-order valence-electron chi connectivity index (χ4n) is 7.48. The van der Waals surface area contributed by atoms with Crippen molar-refractivity contribution < 1.29 is 0 Å². The Kier molecular flexibility index (Phi) is 7.93. The fraction of sp³-hybridized carbons (Fsp3) is 0.0435. The molecule has 6 bridgehead atoms. The van der Waals surface area contributed by atoms with E-state index in [0.29, 0.717) is 0 Å². The molecule has 0 unspecified atom stereocenters. The quantitative estimate of drug-likeness (QED) is 0.170. The lowest BCUT2D eigenvalue weighted by Crippen LogP contribution is -2.40. The van der Waals surface area contributed by atoms with Crippen LogP contribution in [0.4, 0.5) is 0 Å². The number of aromatic nitrogens is 2. The summed E-state index contributed by atoms with van der Waals surface area (Å²) in [5, 5.41) is 2.30. The van der Waals surface area contributed by atoms with Crippen LogP contribution in [0, 0.1) is 0 Å². The van der Waals surface area contributed by atoms with E-state index in [-0.39, 0.29) is 0 Å². The maximum Gasteiger partial charge on any atom is 0.564 e. The van der Waals surface area contributed by atoms with E-state index in [1.54, 1.807) is 0 Å². The van der Waals surface area contributed by atoms with Crippen LogP contribution >= 0.6 is 0 Å². The number of allylic oxidation sites excluding steroid dienone is 4. The van der Waals surface area contributed by atoms with Gasteiger partial charge in [0, 0.05) is 44.4 Å². The van der Waals surface area contributed by atoms with Gasteiger partial charge in [-0.3, -0.25) is 0 Å². The van der Waals surface area contributed by atoms with Crippen molar-refractivity contribution >= 4 is 49.4 Å². The molecular weight excluding hydrogens is 636 g/mol. The minimum Gasteiger partial charge on any atom is -0.420 e. The highest BCUT2D eigenvalue weighted by atomic mass is 27.1. The van der Waals surface area contributed by atoms with E-state index in [2.05, 4.69) is 177 Å². The molecule has 0 spiro atoms. The van der Waals surface area contributed by atoms with Crippen molar-refractivity contribution in [1.82, 2.24) is 7.10 Å². The summed E-state index contributed by atoms with van der Waals surface area (Å²) >= 11 is -0.533. The Morgan fingerprint density at radius 3 is 1.10 bits per heavy atom. The lowest BCUT2D eigenvalue weighted by molar-refractivity contribution is 1.02. The molecule has 1 radical (unpaired) electrons. The van der Waals surface area contributed by atoms with Gasteiger partial charge in [-0.1, -0.05) is 135 Å². The van der Waals surface area contributed by atoms with Crippen molar-refractivity contribution in [3.05, 3.63) is 226 Å². The Hall–Kier alpha value is -5.99. The molecule has 5 heteroatoms. The van der Waals surface area contributed by atoms with E-state index in [1.807, 2.05) is 13.8 Å². The van der Waals surface area contributed by atoms with Crippen LogP contribution < -0.4 is 10.7 Å². The van der Waals surface area contributed by atoms with Crippen molar-refractivity contribution in [2.75, 3.05) is 0 Å². The van der Waals surface area contributed by atoms with Crippen molar-refractivity contribution in [2.24, 2.45) is 9.98 Å². The first-order valence-corrected chi connectivity index (χ1v) is 18.6. The summed E-state index contributed by atoms with van der Waals surface area (Å²) in [6.07, 6.45) is 8.77. The normalized spacial score (nSPS) is 15.3. The molecule has 6 heterocycles. The first-order valence-electron chi connectivity index (χ1n) is 17.6. The van der Waals surface area contributed by atoms with Crippen molar-refractivity contribution in [3.8, 4) is 0 Å². The number of fused-ring (bicyclic) bond motifs is 2. The highest BCUT2D eigenvalue weighted by molar-refractivity contribution is 6.37. The van der Waals surface area contributed by atoms with E-state index >= 15 is 0 Å². The molecular formula is C46H34AlN4. The highest BCUT2D eigenvalue weighted by Crippen LogP contribution is 2.38. The van der Waals surface area contributed by atoms with Crippen molar-refractivity contribution in [1.29, 1.82) is 0 Å². The van der Waals surface area contributed by atoms with Crippen LogP contribution in [0.25, 0.3) is 22.3 Å². The molecule has 4 aliphatic rings. The van der Waals surface area contributed by atoms with Gasteiger partial charge in [0.2, 0.25) is 0 Å². The monoisotopic (exact) mass is 669 g/mol. The molecule has 6 aromatic rings. The standard InChI is InChI=1S/C44H28N4.C2H6.Al/c1-5-13-29(14-6-1)41-33-21-23-35(45-33)42(30-15-7-2-8-16-30)37-25-27-39(47-37)44(32-19-11-4-12-20-32)40-28-26-38(48-40)43(31-17-9-3-10-18-31)36-24-22-34(41)46-36;1-2;/h1-28H;1-2H3;/q-2;;+2. The lowest BCUT2D eigenvalue weighted by Gasteiger charge is -2.22. The molecule has 4 aliphatic heterocycles. The fourth-order valence-corrected chi connectivity index (χ4v) is 9.07. The van der Waals surface area contributed by atoms with Crippen LogP contribution in [-0.2, 0) is 0 Å². The average molecular weight is 670 g/mol. The molecule has 0 N–H and O–H groups in total. The maximum absolute atomic E-state index is 5.44. The summed E-state index contributed by atoms with van der Waals surface area (Å²) in [4.78, 5) is 10.9. The second-order valence-electron chi connectivity index (χ2n) is 12.5. The smallest absolute Gasteiger partial charge is 0.420 e. The third kappa shape index (κ3) is 5.22. The van der Waals surface area contributed by atoms with E-state index in [0.717, 1.165) is 89.4 Å². The van der Waals surface area contributed by atoms with Gasteiger partial charge in [0.25, 0.3) is 0 Å². The topological polar surface area (TPSA) is 34.6 Å². The van der Waals surface area contributed by atoms with E-state index < -0.39 is 15.7 Å². The zero-order valence-electron chi connectivity index (χ0n) is 28.5. The van der Waals surface area contributed by atoms with Crippen molar-refractivity contribution in [2.45, 2.75) is 13.8 Å². The number of nitrogens with zero attached hydrogens (tertiary/aromatic N) is 4. The number of rotatable bonds is 4. The van der Waals surface area contributed by atoms with Gasteiger partial charge in [0.05, 0.1) is 22.8 Å². The molecule has 10 rings (SSSR count). The minimum atomic E-state index is -0.533. The molecule has 0 saturated carbocycles. The van der Waals surface area contributed by atoms with E-state index in [4.69, 9.17) is 9.98 Å². The zero-order valence-corrected chi connectivity index (χ0v) is 29.7. The molecule has 0 saturated heterocycles. The predicted octanol–water partition coefficient (Wildman–Crippen LogP) is 8.21. The van der Waals surface area contributed by atoms with Gasteiger partial charge >= 0.3 is 15.7 Å². The van der Waals surface area contributed by atoms with Crippen molar-refractivity contribution in [3.63, 3.8) is 0 Å². The molecule has 0 fully saturated rings. The van der Waals surface area contributed by atoms with Gasteiger partial charge in [-0.15, -0.1) is 0 Å². The van der Waals surface area contributed by atoms with Gasteiger partial charge in [0.1, 0.15) is 0 Å². The Labute approximate surface area is 304 Å². The second kappa shape index (κ2) is 13.0. The molecule has 241 valence electrons. The molecule has 0 aliphatic carbocycles. The van der Waals surface area contributed by atoms with Crippen LogP contribution in [-0.4, -0.2) is 34.2 Å². The SMILES string of the molecule is C1=CC2=C(c3ccccc3)c3ccc4[n]3[Al][n]3c(ccc3=C(c3ccccc3)C3=NC(=C4c4ccccc4)C=C3)=C(c3ccccc3)C1=N2.CC. The van der Waals surface area contributed by atoms with Crippen LogP contribution in [0.15, 0.2) is 191 Å². The van der Waals surface area contributed by atoms with Crippen LogP contribution in [0.2, 0.25) is 0 Å². The molecule has 0 amide bonds. The molecule has 2 aromatic heterocycles.